The van der Waals surface area contributed by atoms with Gasteiger partial charge < -0.3 is 0 Å². The first-order valence-electron chi connectivity index (χ1n) is 6.96. The largest absolute Gasteiger partial charge is 0.294 e. The molecule has 1 rings (SSSR count). The third-order valence-electron chi connectivity index (χ3n) is 2.55. The number of benzene rings is 1. The van der Waals surface area contributed by atoms with Crippen molar-refractivity contribution < 1.29 is 9.59 Å². The first-order chi connectivity index (χ1) is 9.15. The summed E-state index contributed by atoms with van der Waals surface area (Å²) in [6.07, 6.45) is 3.93. The van der Waals surface area contributed by atoms with E-state index in [1.165, 1.54) is 6.92 Å². The lowest BCUT2D eigenvalue weighted by Crippen LogP contribution is -2.09. The fourth-order valence-electron chi connectivity index (χ4n) is 1.57. The number of carbonyl (C=O) groups is 2. The quantitative estimate of drug-likeness (QED) is 0.430. The molecular weight excluding hydrogens is 236 g/mol. The second-order valence-corrected chi connectivity index (χ2v) is 4.05. The van der Waals surface area contributed by atoms with E-state index in [-0.39, 0.29) is 11.6 Å². The summed E-state index contributed by atoms with van der Waals surface area (Å²) in [7, 11) is 0. The molecule has 104 valence electrons. The summed E-state index contributed by atoms with van der Waals surface area (Å²) < 4.78 is 0. The Bertz CT molecular complexity index is 416. The Morgan fingerprint density at radius 3 is 2.16 bits per heavy atom. The molecule has 19 heavy (non-hydrogen) atoms. The minimum Gasteiger partial charge on any atom is -0.294 e. The molecule has 0 unspecified atom stereocenters. The normalized spacial score (nSPS) is 10.4. The predicted octanol–water partition coefficient (Wildman–Crippen LogP) is 4.44. The summed E-state index contributed by atoms with van der Waals surface area (Å²) in [5, 5.41) is 0. The van der Waals surface area contributed by atoms with Crippen molar-refractivity contribution in [1.82, 2.24) is 0 Å². The number of rotatable bonds is 6. The van der Waals surface area contributed by atoms with Gasteiger partial charge in [-0.25, -0.2) is 0 Å². The number of hydrogen-bond donors (Lipinski definition) is 0. The van der Waals surface area contributed by atoms with Gasteiger partial charge in [-0.05, 0) is 25.0 Å². The Hall–Kier alpha value is -1.70. The van der Waals surface area contributed by atoms with Crippen LogP contribution in [0.3, 0.4) is 0 Å². The van der Waals surface area contributed by atoms with E-state index < -0.39 is 0 Å². The Morgan fingerprint density at radius 1 is 1.11 bits per heavy atom. The molecule has 0 bridgehead atoms. The second kappa shape index (κ2) is 10.2. The third kappa shape index (κ3) is 6.70. The number of allylic oxidation sites excluding steroid dienone is 1. The van der Waals surface area contributed by atoms with E-state index in [2.05, 4.69) is 0 Å². The maximum Gasteiger partial charge on any atom is 0.166 e. The summed E-state index contributed by atoms with van der Waals surface area (Å²) >= 11 is 0. The van der Waals surface area contributed by atoms with Crippen LogP contribution in [-0.4, -0.2) is 11.6 Å². The zero-order valence-electron chi connectivity index (χ0n) is 12.4. The van der Waals surface area contributed by atoms with E-state index in [0.29, 0.717) is 12.0 Å². The van der Waals surface area contributed by atoms with Crippen molar-refractivity contribution in [2.75, 3.05) is 0 Å². The number of Topliss-reactive ketones (excluding diaryl/α,β-unsaturated/α-hetero) is 2. The van der Waals surface area contributed by atoms with Gasteiger partial charge in [0.05, 0.1) is 5.57 Å². The van der Waals surface area contributed by atoms with Crippen LogP contribution in [0.25, 0.3) is 6.08 Å². The van der Waals surface area contributed by atoms with Crippen molar-refractivity contribution >= 4 is 17.6 Å². The van der Waals surface area contributed by atoms with Gasteiger partial charge in [-0.15, -0.1) is 0 Å². The van der Waals surface area contributed by atoms with Crippen LogP contribution in [0.1, 0.15) is 52.5 Å². The Morgan fingerprint density at radius 2 is 1.68 bits per heavy atom. The molecule has 2 nitrogen and oxygen atoms in total. The molecule has 0 aromatic heterocycles. The number of unbranched alkanes of at least 4 members (excludes halogenated alkanes) is 1. The van der Waals surface area contributed by atoms with Crippen molar-refractivity contribution in [3.8, 4) is 0 Å². The van der Waals surface area contributed by atoms with Gasteiger partial charge in [0.25, 0.3) is 0 Å². The molecule has 0 amide bonds. The molecule has 0 heterocycles. The molecule has 0 saturated carbocycles. The predicted molar refractivity (Wildman–Crippen MR) is 81.0 cm³/mol. The van der Waals surface area contributed by atoms with E-state index in [4.69, 9.17) is 0 Å². The van der Waals surface area contributed by atoms with Gasteiger partial charge in [-0.2, -0.15) is 0 Å². The van der Waals surface area contributed by atoms with Crippen LogP contribution in [0.15, 0.2) is 35.9 Å². The van der Waals surface area contributed by atoms with Crippen molar-refractivity contribution in [1.29, 1.82) is 0 Å². The topological polar surface area (TPSA) is 34.1 Å². The van der Waals surface area contributed by atoms with Crippen LogP contribution in [0.5, 0.6) is 0 Å². The molecule has 0 radical (unpaired) electrons. The lowest BCUT2D eigenvalue weighted by atomic mass is 10.00. The fourth-order valence-corrected chi connectivity index (χ4v) is 1.57. The smallest absolute Gasteiger partial charge is 0.166 e. The van der Waals surface area contributed by atoms with Gasteiger partial charge in [-0.1, -0.05) is 57.5 Å². The summed E-state index contributed by atoms with van der Waals surface area (Å²) in [6, 6.07) is 9.45. The van der Waals surface area contributed by atoms with Crippen LogP contribution in [0.2, 0.25) is 0 Å². The first kappa shape index (κ1) is 17.3. The van der Waals surface area contributed by atoms with Crippen LogP contribution in [0, 0.1) is 0 Å². The standard InChI is InChI=1S/C15H18O2.C2H6/c1-3-4-10-15(17)14(12(2)16)11-13-8-6-5-7-9-13;1-2/h5-9,11H,3-4,10H2,1-2H3;1-2H3. The molecule has 0 fully saturated rings. The van der Waals surface area contributed by atoms with Gasteiger partial charge in [0.2, 0.25) is 0 Å². The van der Waals surface area contributed by atoms with E-state index in [1.807, 2.05) is 51.1 Å². The number of hydrogen-bond acceptors (Lipinski definition) is 2. The van der Waals surface area contributed by atoms with Crippen LogP contribution >= 0.6 is 0 Å². The molecular formula is C17H24O2. The van der Waals surface area contributed by atoms with Crippen molar-refractivity contribution in [2.24, 2.45) is 0 Å². The number of carbonyl (C=O) groups excluding carboxylic acids is 2. The van der Waals surface area contributed by atoms with Gasteiger partial charge in [0.15, 0.2) is 11.6 Å². The van der Waals surface area contributed by atoms with E-state index in [1.54, 1.807) is 6.08 Å². The summed E-state index contributed by atoms with van der Waals surface area (Å²) in [5.74, 6) is -0.210. The van der Waals surface area contributed by atoms with Crippen molar-refractivity contribution in [3.63, 3.8) is 0 Å². The SMILES string of the molecule is CC.CCCCC(=O)C(=Cc1ccccc1)C(C)=O. The highest BCUT2D eigenvalue weighted by molar-refractivity contribution is 6.22. The van der Waals surface area contributed by atoms with Crippen LogP contribution in [0.4, 0.5) is 0 Å². The lowest BCUT2D eigenvalue weighted by molar-refractivity contribution is -0.120. The van der Waals surface area contributed by atoms with Crippen LogP contribution in [-0.2, 0) is 9.59 Å². The maximum absolute atomic E-state index is 11.9. The third-order valence-corrected chi connectivity index (χ3v) is 2.55. The molecule has 0 saturated heterocycles. The molecule has 2 heteroatoms. The van der Waals surface area contributed by atoms with Crippen molar-refractivity contribution in [2.45, 2.75) is 47.0 Å². The van der Waals surface area contributed by atoms with E-state index in [0.717, 1.165) is 18.4 Å². The zero-order chi connectivity index (χ0) is 14.7. The minimum absolute atomic E-state index is 0.0526. The minimum atomic E-state index is -0.157. The zero-order valence-corrected chi connectivity index (χ0v) is 12.4. The van der Waals surface area contributed by atoms with Crippen molar-refractivity contribution in [3.05, 3.63) is 41.5 Å². The second-order valence-electron chi connectivity index (χ2n) is 4.05. The van der Waals surface area contributed by atoms with Gasteiger partial charge in [0.1, 0.15) is 0 Å². The number of ketones is 2. The molecule has 0 aliphatic heterocycles. The van der Waals surface area contributed by atoms with Gasteiger partial charge >= 0.3 is 0 Å². The average Bonchev–Trinajstić information content (AvgIpc) is 2.45. The molecule has 0 aliphatic carbocycles. The molecule has 0 N–H and O–H groups in total. The Balaban J connectivity index is 0.00000154. The fraction of sp³-hybridized carbons (Fsp3) is 0.412. The average molecular weight is 260 g/mol. The Kier molecular flexibility index (Phi) is 9.33. The summed E-state index contributed by atoms with van der Waals surface area (Å²) in [5.41, 5.74) is 1.20. The monoisotopic (exact) mass is 260 g/mol. The molecule has 0 aliphatic rings. The highest BCUT2D eigenvalue weighted by Gasteiger charge is 2.13. The van der Waals surface area contributed by atoms with Gasteiger partial charge in [0, 0.05) is 6.42 Å². The molecule has 0 atom stereocenters. The summed E-state index contributed by atoms with van der Waals surface area (Å²) in [4.78, 5) is 23.3. The highest BCUT2D eigenvalue weighted by atomic mass is 16.1. The summed E-state index contributed by atoms with van der Waals surface area (Å²) in [6.45, 7) is 7.47. The van der Waals surface area contributed by atoms with E-state index in [9.17, 15) is 9.59 Å². The lowest BCUT2D eigenvalue weighted by Gasteiger charge is -2.02. The van der Waals surface area contributed by atoms with Crippen LogP contribution < -0.4 is 0 Å². The van der Waals surface area contributed by atoms with E-state index >= 15 is 0 Å². The molecule has 0 spiro atoms. The maximum atomic E-state index is 11.9. The Labute approximate surface area is 116 Å². The molecule has 1 aromatic carbocycles. The van der Waals surface area contributed by atoms with Gasteiger partial charge in [-0.3, -0.25) is 9.59 Å². The first-order valence-corrected chi connectivity index (χ1v) is 6.96. The molecule has 1 aromatic rings. The highest BCUT2D eigenvalue weighted by Crippen LogP contribution is 2.11.